The van der Waals surface area contributed by atoms with E-state index in [1.165, 1.54) is 5.57 Å². The van der Waals surface area contributed by atoms with Gasteiger partial charge in [-0.1, -0.05) is 67.6 Å². The number of allylic oxidation sites excluding steroid dienone is 1. The van der Waals surface area contributed by atoms with Crippen LogP contribution in [0.2, 0.25) is 0 Å². The summed E-state index contributed by atoms with van der Waals surface area (Å²) >= 11 is 1.65. The summed E-state index contributed by atoms with van der Waals surface area (Å²) in [6.07, 6.45) is 1.81. The first kappa shape index (κ1) is 18.0. The molecule has 4 nitrogen and oxygen atoms in total. The van der Waals surface area contributed by atoms with Crippen molar-refractivity contribution in [3.8, 4) is 11.5 Å². The van der Waals surface area contributed by atoms with E-state index in [4.69, 9.17) is 9.47 Å². The Kier molecular flexibility index (Phi) is 4.22. The van der Waals surface area contributed by atoms with Crippen molar-refractivity contribution in [3.05, 3.63) is 66.2 Å². The molecular weight excluding hydrogens is 358 g/mol. The van der Waals surface area contributed by atoms with Crippen LogP contribution in [0.3, 0.4) is 0 Å². The van der Waals surface area contributed by atoms with Crippen LogP contribution in [-0.2, 0) is 0 Å². The van der Waals surface area contributed by atoms with Crippen molar-refractivity contribution in [2.75, 3.05) is 4.90 Å². The second kappa shape index (κ2) is 6.34. The van der Waals surface area contributed by atoms with Gasteiger partial charge in [0.1, 0.15) is 11.5 Å². The second-order valence-corrected chi connectivity index (χ2v) is 8.97. The quantitative estimate of drug-likeness (QED) is 0.612. The molecule has 27 heavy (non-hydrogen) atoms. The van der Waals surface area contributed by atoms with Crippen molar-refractivity contribution in [2.24, 2.45) is 5.41 Å². The van der Waals surface area contributed by atoms with Crippen LogP contribution in [0.1, 0.15) is 27.7 Å². The number of nitrogens with zero attached hydrogens (tertiary/aromatic N) is 1. The van der Waals surface area contributed by atoms with Crippen molar-refractivity contribution in [1.29, 1.82) is 0 Å². The van der Waals surface area contributed by atoms with Crippen LogP contribution in [0.5, 0.6) is 11.5 Å². The molecule has 0 saturated carbocycles. The predicted molar refractivity (Wildman–Crippen MR) is 109 cm³/mol. The number of hydrogen-bond donors (Lipinski definition) is 0. The molecule has 1 saturated heterocycles. The molecule has 0 N–H and O–H groups in total. The van der Waals surface area contributed by atoms with Crippen molar-refractivity contribution < 1.29 is 14.3 Å². The van der Waals surface area contributed by atoms with E-state index in [2.05, 4.69) is 33.8 Å². The van der Waals surface area contributed by atoms with Gasteiger partial charge in [-0.2, -0.15) is 0 Å². The molecular formula is C22H23NO3S. The number of anilines is 1. The van der Waals surface area contributed by atoms with Crippen LogP contribution in [0.4, 0.5) is 10.5 Å². The third kappa shape index (κ3) is 2.72. The fourth-order valence-corrected chi connectivity index (χ4v) is 5.37. The van der Waals surface area contributed by atoms with Gasteiger partial charge in [0.2, 0.25) is 5.06 Å². The van der Waals surface area contributed by atoms with E-state index in [0.717, 1.165) is 5.69 Å². The number of benzene rings is 2. The van der Waals surface area contributed by atoms with Gasteiger partial charge in [0, 0.05) is 5.25 Å². The van der Waals surface area contributed by atoms with E-state index in [0.29, 0.717) is 11.5 Å². The average molecular weight is 381 g/mol. The number of hydrogen-bond acceptors (Lipinski definition) is 4. The normalized spacial score (nSPS) is 24.6. The minimum absolute atomic E-state index is 0.254. The third-order valence-electron chi connectivity index (χ3n) is 5.08. The number of amides is 1. The van der Waals surface area contributed by atoms with Gasteiger partial charge >= 0.3 is 6.09 Å². The Labute approximate surface area is 164 Å². The number of para-hydroxylation sites is 3. The highest BCUT2D eigenvalue weighted by atomic mass is 32.2. The fraction of sp³-hybridized carbons (Fsp3) is 0.318. The Bertz CT molecular complexity index is 905. The van der Waals surface area contributed by atoms with E-state index in [-0.39, 0.29) is 10.7 Å². The monoisotopic (exact) mass is 381 g/mol. The smallest absolute Gasteiger partial charge is 0.423 e. The van der Waals surface area contributed by atoms with Crippen molar-refractivity contribution in [1.82, 2.24) is 0 Å². The minimum Gasteiger partial charge on any atom is -0.455 e. The van der Waals surface area contributed by atoms with Crippen LogP contribution < -0.4 is 14.4 Å². The Balaban J connectivity index is 1.72. The van der Waals surface area contributed by atoms with Crippen molar-refractivity contribution >= 4 is 23.5 Å². The molecule has 2 unspecified atom stereocenters. The predicted octanol–water partition coefficient (Wildman–Crippen LogP) is 5.85. The molecule has 2 aromatic carbocycles. The topological polar surface area (TPSA) is 38.8 Å². The summed E-state index contributed by atoms with van der Waals surface area (Å²) in [6, 6.07) is 16.8. The Morgan fingerprint density at radius 2 is 1.78 bits per heavy atom. The lowest BCUT2D eigenvalue weighted by molar-refractivity contribution is 0.0353. The van der Waals surface area contributed by atoms with E-state index in [1.807, 2.05) is 42.5 Å². The molecule has 0 radical (unpaired) electrons. The first-order valence-electron chi connectivity index (χ1n) is 9.03. The van der Waals surface area contributed by atoms with Crippen LogP contribution in [-0.4, -0.2) is 16.4 Å². The SMILES string of the molecule is CC(C)=CC1SC2(Oc3ccccc3N2C(=O)Oc2ccccc2)C1(C)C. The summed E-state index contributed by atoms with van der Waals surface area (Å²) in [7, 11) is 0. The minimum atomic E-state index is -0.820. The standard InChI is InChI=1S/C22H23NO3S/c1-15(2)14-19-21(3,4)22(27-19)23(17-12-8-9-13-18(17)26-22)20(24)25-16-10-6-5-7-11-16/h5-14,19H,1-4H3. The maximum atomic E-state index is 13.2. The number of ether oxygens (including phenoxy) is 2. The lowest BCUT2D eigenvalue weighted by Crippen LogP contribution is -2.70. The van der Waals surface area contributed by atoms with Crippen molar-refractivity contribution in [3.63, 3.8) is 0 Å². The zero-order chi connectivity index (χ0) is 19.2. The molecule has 0 aromatic heterocycles. The molecule has 2 aromatic rings. The molecule has 4 rings (SSSR count). The highest BCUT2D eigenvalue weighted by Gasteiger charge is 2.70. The number of thioether (sulfide) groups is 1. The molecule has 0 bridgehead atoms. The maximum Gasteiger partial charge on any atom is 0.423 e. The molecule has 0 aliphatic carbocycles. The first-order valence-corrected chi connectivity index (χ1v) is 9.91. The first-order chi connectivity index (χ1) is 12.8. The largest absolute Gasteiger partial charge is 0.455 e. The summed E-state index contributed by atoms with van der Waals surface area (Å²) in [4.78, 5) is 14.9. The summed E-state index contributed by atoms with van der Waals surface area (Å²) in [5, 5.41) is -0.567. The van der Waals surface area contributed by atoms with Crippen LogP contribution in [0, 0.1) is 5.41 Å². The van der Waals surface area contributed by atoms with Gasteiger partial charge in [-0.25, -0.2) is 9.69 Å². The number of carbonyl (C=O) groups excluding carboxylic acids is 1. The molecule has 2 atom stereocenters. The highest BCUT2D eigenvalue weighted by molar-refractivity contribution is 8.03. The maximum absolute atomic E-state index is 13.2. The van der Waals surface area contributed by atoms with Gasteiger partial charge in [-0.15, -0.1) is 0 Å². The van der Waals surface area contributed by atoms with E-state index in [1.54, 1.807) is 28.8 Å². The lowest BCUT2D eigenvalue weighted by Gasteiger charge is -2.58. The Morgan fingerprint density at radius 3 is 2.44 bits per heavy atom. The molecule has 1 fully saturated rings. The Hall–Kier alpha value is -2.40. The van der Waals surface area contributed by atoms with Gasteiger partial charge in [-0.3, -0.25) is 0 Å². The van der Waals surface area contributed by atoms with Gasteiger partial charge < -0.3 is 9.47 Å². The Morgan fingerprint density at radius 1 is 1.11 bits per heavy atom. The molecule has 2 aliphatic rings. The zero-order valence-corrected chi connectivity index (χ0v) is 16.7. The van der Waals surface area contributed by atoms with E-state index in [9.17, 15) is 4.79 Å². The molecule has 5 heteroatoms. The number of fused-ring (bicyclic) bond motifs is 1. The van der Waals surface area contributed by atoms with Crippen LogP contribution in [0.15, 0.2) is 66.2 Å². The summed E-state index contributed by atoms with van der Waals surface area (Å²) in [6.45, 7) is 8.46. The summed E-state index contributed by atoms with van der Waals surface area (Å²) in [5.74, 6) is 1.23. The molecule has 1 amide bonds. The molecule has 2 aliphatic heterocycles. The molecule has 2 heterocycles. The lowest BCUT2D eigenvalue weighted by atomic mass is 9.83. The van der Waals surface area contributed by atoms with E-state index >= 15 is 0 Å². The molecule has 1 spiro atoms. The molecule has 140 valence electrons. The fourth-order valence-electron chi connectivity index (χ4n) is 3.57. The van der Waals surface area contributed by atoms with Gasteiger partial charge in [-0.05, 0) is 38.1 Å². The average Bonchev–Trinajstić information content (AvgIpc) is 2.99. The third-order valence-corrected chi connectivity index (χ3v) is 7.17. The van der Waals surface area contributed by atoms with Gasteiger partial charge in [0.05, 0.1) is 11.1 Å². The zero-order valence-electron chi connectivity index (χ0n) is 15.9. The summed E-state index contributed by atoms with van der Waals surface area (Å²) < 4.78 is 12.1. The van der Waals surface area contributed by atoms with Crippen LogP contribution in [0.25, 0.3) is 0 Å². The van der Waals surface area contributed by atoms with Crippen LogP contribution >= 0.6 is 11.8 Å². The summed E-state index contributed by atoms with van der Waals surface area (Å²) in [5.41, 5.74) is 1.71. The van der Waals surface area contributed by atoms with Crippen molar-refractivity contribution in [2.45, 2.75) is 38.0 Å². The van der Waals surface area contributed by atoms with Gasteiger partial charge in [0.15, 0.2) is 0 Å². The van der Waals surface area contributed by atoms with E-state index < -0.39 is 11.2 Å². The second-order valence-electron chi connectivity index (χ2n) is 7.67. The van der Waals surface area contributed by atoms with Gasteiger partial charge in [0.25, 0.3) is 0 Å². The number of carbonyl (C=O) groups is 1. The number of rotatable bonds is 2. The highest BCUT2D eigenvalue weighted by Crippen LogP contribution is 2.67.